The molecule has 3 N–H and O–H groups in total. The lowest BCUT2D eigenvalue weighted by Crippen LogP contribution is -2.46. The van der Waals surface area contributed by atoms with E-state index in [0.29, 0.717) is 5.75 Å². The smallest absolute Gasteiger partial charge is 0.389 e. The Morgan fingerprint density at radius 3 is 2.45 bits per heavy atom. The molecule has 0 saturated carbocycles. The summed E-state index contributed by atoms with van der Waals surface area (Å²) in [6, 6.07) is -1.66. The van der Waals surface area contributed by atoms with E-state index in [9.17, 15) is 22.8 Å². The summed E-state index contributed by atoms with van der Waals surface area (Å²) in [5.74, 6) is -0.547. The van der Waals surface area contributed by atoms with E-state index in [2.05, 4.69) is 10.6 Å². The molecule has 0 aromatic heterocycles. The van der Waals surface area contributed by atoms with Crippen molar-refractivity contribution in [2.24, 2.45) is 0 Å². The molecule has 2 amide bonds. The van der Waals surface area contributed by atoms with Crippen LogP contribution in [0.2, 0.25) is 0 Å². The minimum Gasteiger partial charge on any atom is -0.480 e. The zero-order valence-electron chi connectivity index (χ0n) is 11.1. The first-order valence-electron chi connectivity index (χ1n) is 6.09. The molecule has 0 aromatic rings. The van der Waals surface area contributed by atoms with Gasteiger partial charge in [-0.3, -0.25) is 0 Å². The molecule has 0 fully saturated rings. The fraction of sp³-hybridized carbons (Fsp3) is 0.818. The van der Waals surface area contributed by atoms with Crippen LogP contribution in [0.5, 0.6) is 0 Å². The maximum absolute atomic E-state index is 11.9. The van der Waals surface area contributed by atoms with Crippen LogP contribution in [-0.2, 0) is 4.79 Å². The predicted octanol–water partition coefficient (Wildman–Crippen LogP) is 2.22. The van der Waals surface area contributed by atoms with Crippen LogP contribution in [0, 0.1) is 0 Å². The number of aliphatic carboxylic acids is 1. The van der Waals surface area contributed by atoms with Gasteiger partial charge in [-0.2, -0.15) is 24.9 Å². The molecule has 0 aliphatic carbocycles. The van der Waals surface area contributed by atoms with Crippen LogP contribution in [0.1, 0.15) is 25.7 Å². The average molecular weight is 316 g/mol. The van der Waals surface area contributed by atoms with Gasteiger partial charge in [0.2, 0.25) is 0 Å². The Labute approximate surface area is 119 Å². The van der Waals surface area contributed by atoms with Gasteiger partial charge in [0.25, 0.3) is 0 Å². The van der Waals surface area contributed by atoms with Gasteiger partial charge in [-0.15, -0.1) is 0 Å². The number of carbonyl (C=O) groups excluding carboxylic acids is 1. The quantitative estimate of drug-likeness (QED) is 0.570. The number of thioether (sulfide) groups is 1. The molecular weight excluding hydrogens is 297 g/mol. The molecule has 0 aromatic carbocycles. The Morgan fingerprint density at radius 1 is 1.30 bits per heavy atom. The molecule has 0 aliphatic rings. The summed E-state index contributed by atoms with van der Waals surface area (Å²) in [4.78, 5) is 22.2. The molecule has 9 heteroatoms. The standard InChI is InChI=1S/C11H19F3N2O3S/c1-20-7-4-8(9(17)18)16-10(19)15-6-3-2-5-11(12,13)14/h8H,2-7H2,1H3,(H,17,18)(H2,15,16,19). The van der Waals surface area contributed by atoms with Gasteiger partial charge in [-0.1, -0.05) is 0 Å². The second-order valence-corrected chi connectivity index (χ2v) is 5.13. The third-order valence-electron chi connectivity index (χ3n) is 2.39. The van der Waals surface area contributed by atoms with E-state index in [1.54, 1.807) is 0 Å². The Kier molecular flexibility index (Phi) is 9.19. The molecule has 5 nitrogen and oxygen atoms in total. The number of alkyl halides is 3. The van der Waals surface area contributed by atoms with Crippen molar-refractivity contribution in [1.82, 2.24) is 10.6 Å². The summed E-state index contributed by atoms with van der Waals surface area (Å²) >= 11 is 1.46. The topological polar surface area (TPSA) is 78.4 Å². The van der Waals surface area contributed by atoms with Crippen molar-refractivity contribution < 1.29 is 27.9 Å². The molecule has 0 saturated heterocycles. The van der Waals surface area contributed by atoms with Crippen LogP contribution in [0.3, 0.4) is 0 Å². The van der Waals surface area contributed by atoms with Crippen LogP contribution in [-0.4, -0.2) is 47.9 Å². The monoisotopic (exact) mass is 316 g/mol. The summed E-state index contributed by atoms with van der Waals surface area (Å²) < 4.78 is 35.6. The predicted molar refractivity (Wildman–Crippen MR) is 70.9 cm³/mol. The van der Waals surface area contributed by atoms with E-state index in [4.69, 9.17) is 5.11 Å². The van der Waals surface area contributed by atoms with Crippen molar-refractivity contribution in [2.75, 3.05) is 18.6 Å². The highest BCUT2D eigenvalue weighted by molar-refractivity contribution is 7.98. The number of carboxylic acids is 1. The van der Waals surface area contributed by atoms with E-state index < -0.39 is 30.6 Å². The van der Waals surface area contributed by atoms with Crippen LogP contribution < -0.4 is 10.6 Å². The fourth-order valence-electron chi connectivity index (χ4n) is 1.35. The zero-order valence-corrected chi connectivity index (χ0v) is 11.9. The van der Waals surface area contributed by atoms with Crippen molar-refractivity contribution in [3.63, 3.8) is 0 Å². The maximum Gasteiger partial charge on any atom is 0.389 e. The summed E-state index contributed by atoms with van der Waals surface area (Å²) in [7, 11) is 0. The number of rotatable bonds is 9. The Bertz CT molecular complexity index is 314. The van der Waals surface area contributed by atoms with E-state index in [1.807, 2.05) is 6.26 Å². The molecular formula is C11H19F3N2O3S. The van der Waals surface area contributed by atoms with Crippen LogP contribution >= 0.6 is 11.8 Å². The molecule has 1 unspecified atom stereocenters. The summed E-state index contributed by atoms with van der Waals surface area (Å²) in [5.41, 5.74) is 0. The summed E-state index contributed by atoms with van der Waals surface area (Å²) in [6.07, 6.45) is -2.85. The van der Waals surface area contributed by atoms with Crippen molar-refractivity contribution in [3.8, 4) is 0 Å². The van der Waals surface area contributed by atoms with Crippen molar-refractivity contribution in [1.29, 1.82) is 0 Å². The zero-order chi connectivity index (χ0) is 15.6. The fourth-order valence-corrected chi connectivity index (χ4v) is 1.83. The highest BCUT2D eigenvalue weighted by Crippen LogP contribution is 2.21. The molecule has 118 valence electrons. The lowest BCUT2D eigenvalue weighted by atomic mass is 10.2. The van der Waals surface area contributed by atoms with Gasteiger partial charge >= 0.3 is 18.2 Å². The highest BCUT2D eigenvalue weighted by atomic mass is 32.2. The van der Waals surface area contributed by atoms with Crippen LogP contribution in [0.15, 0.2) is 0 Å². The van der Waals surface area contributed by atoms with Crippen molar-refractivity contribution in [2.45, 2.75) is 37.9 Å². The maximum atomic E-state index is 11.9. The first-order valence-corrected chi connectivity index (χ1v) is 7.48. The van der Waals surface area contributed by atoms with Gasteiger partial charge in [0.05, 0.1) is 0 Å². The number of hydrogen-bond acceptors (Lipinski definition) is 3. The van der Waals surface area contributed by atoms with Gasteiger partial charge in [-0.05, 0) is 31.3 Å². The van der Waals surface area contributed by atoms with Gasteiger partial charge in [0, 0.05) is 13.0 Å². The number of amides is 2. The number of urea groups is 1. The second-order valence-electron chi connectivity index (χ2n) is 4.14. The van der Waals surface area contributed by atoms with E-state index in [0.717, 1.165) is 0 Å². The van der Waals surface area contributed by atoms with Gasteiger partial charge in [-0.25, -0.2) is 9.59 Å². The SMILES string of the molecule is CSCCC(NC(=O)NCCCCC(F)(F)F)C(=O)O. The lowest BCUT2D eigenvalue weighted by Gasteiger charge is -2.14. The molecule has 0 heterocycles. The number of hydrogen-bond donors (Lipinski definition) is 3. The van der Waals surface area contributed by atoms with E-state index in [-0.39, 0.29) is 25.8 Å². The molecule has 0 radical (unpaired) electrons. The first kappa shape index (κ1) is 18.9. The second kappa shape index (κ2) is 9.73. The molecule has 0 bridgehead atoms. The van der Waals surface area contributed by atoms with E-state index in [1.165, 1.54) is 11.8 Å². The largest absolute Gasteiger partial charge is 0.480 e. The summed E-state index contributed by atoms with van der Waals surface area (Å²) in [5, 5.41) is 13.5. The average Bonchev–Trinajstić information content (AvgIpc) is 2.32. The third kappa shape index (κ3) is 10.8. The Hall–Kier alpha value is -1.12. The molecule has 0 aliphatic heterocycles. The molecule has 0 spiro atoms. The molecule has 20 heavy (non-hydrogen) atoms. The van der Waals surface area contributed by atoms with Crippen LogP contribution in [0.4, 0.5) is 18.0 Å². The molecule has 0 rings (SSSR count). The van der Waals surface area contributed by atoms with Gasteiger partial charge in [0.1, 0.15) is 6.04 Å². The summed E-state index contributed by atoms with van der Waals surface area (Å²) in [6.45, 7) is 0.0801. The van der Waals surface area contributed by atoms with Crippen molar-refractivity contribution in [3.05, 3.63) is 0 Å². The van der Waals surface area contributed by atoms with Gasteiger partial charge in [0.15, 0.2) is 0 Å². The van der Waals surface area contributed by atoms with Gasteiger partial charge < -0.3 is 15.7 Å². The van der Waals surface area contributed by atoms with Crippen molar-refractivity contribution >= 4 is 23.8 Å². The number of nitrogens with one attached hydrogen (secondary N) is 2. The number of halogens is 3. The number of carboxylic acid groups (broad SMARTS) is 1. The third-order valence-corrected chi connectivity index (χ3v) is 3.03. The van der Waals surface area contributed by atoms with Crippen LogP contribution in [0.25, 0.3) is 0 Å². The van der Waals surface area contributed by atoms with E-state index >= 15 is 0 Å². The number of carbonyl (C=O) groups is 2. The lowest BCUT2D eigenvalue weighted by molar-refractivity contribution is -0.139. The Balaban J connectivity index is 3.82. The highest BCUT2D eigenvalue weighted by Gasteiger charge is 2.25. The normalized spacial score (nSPS) is 12.8. The first-order chi connectivity index (χ1) is 9.26. The minimum absolute atomic E-state index is 0.0708. The minimum atomic E-state index is -4.19. The number of unbranched alkanes of at least 4 members (excludes halogenated alkanes) is 1. The Morgan fingerprint density at radius 2 is 1.95 bits per heavy atom. The molecule has 1 atom stereocenters.